The summed E-state index contributed by atoms with van der Waals surface area (Å²) in [5, 5.41) is 23.2. The van der Waals surface area contributed by atoms with Crippen molar-refractivity contribution in [1.82, 2.24) is 5.32 Å². The molecule has 59 heavy (non-hydrogen) atoms. The van der Waals surface area contributed by atoms with Gasteiger partial charge in [-0.1, -0.05) is 244 Å². The van der Waals surface area contributed by atoms with E-state index < -0.39 is 12.1 Å². The number of nitrogens with one attached hydrogen (secondary N) is 1. The van der Waals surface area contributed by atoms with Crippen LogP contribution in [0.25, 0.3) is 0 Å². The molecule has 2 unspecified atom stereocenters. The van der Waals surface area contributed by atoms with E-state index >= 15 is 0 Å². The van der Waals surface area contributed by atoms with Crippen molar-refractivity contribution in [2.24, 2.45) is 0 Å². The highest BCUT2D eigenvalue weighted by Crippen LogP contribution is 2.17. The molecular formula is C53H103NO5. The van der Waals surface area contributed by atoms with Crippen LogP contribution in [0, 0.1) is 0 Å². The normalized spacial score (nSPS) is 12.7. The first-order chi connectivity index (χ1) is 29.0. The minimum absolute atomic E-state index is 0.00553. The first-order valence-electron chi connectivity index (χ1n) is 26.4. The van der Waals surface area contributed by atoms with Crippen molar-refractivity contribution >= 4 is 11.9 Å². The number of carbonyl (C=O) groups is 2. The molecule has 6 nitrogen and oxygen atoms in total. The first-order valence-corrected chi connectivity index (χ1v) is 26.4. The lowest BCUT2D eigenvalue weighted by Gasteiger charge is -2.22. The van der Waals surface area contributed by atoms with Crippen molar-refractivity contribution in [1.29, 1.82) is 0 Å². The van der Waals surface area contributed by atoms with Gasteiger partial charge in [-0.2, -0.15) is 0 Å². The number of aliphatic hydroxyl groups excluding tert-OH is 2. The Labute approximate surface area is 368 Å². The molecule has 2 atom stereocenters. The third kappa shape index (κ3) is 45.9. The zero-order chi connectivity index (χ0) is 43.0. The summed E-state index contributed by atoms with van der Waals surface area (Å²) >= 11 is 0. The number of amides is 1. The maximum Gasteiger partial charge on any atom is 0.305 e. The van der Waals surface area contributed by atoms with Gasteiger partial charge in [0, 0.05) is 12.8 Å². The number of carbonyl (C=O) groups excluding carboxylic acids is 2. The van der Waals surface area contributed by atoms with E-state index in [1.54, 1.807) is 0 Å². The molecule has 3 N–H and O–H groups in total. The van der Waals surface area contributed by atoms with Gasteiger partial charge in [-0.15, -0.1) is 0 Å². The predicted molar refractivity (Wildman–Crippen MR) is 255 cm³/mol. The molecule has 0 aliphatic rings. The molecule has 0 aromatic rings. The number of hydrogen-bond acceptors (Lipinski definition) is 5. The minimum Gasteiger partial charge on any atom is -0.466 e. The zero-order valence-electron chi connectivity index (χ0n) is 39.7. The van der Waals surface area contributed by atoms with Crippen LogP contribution in [0.3, 0.4) is 0 Å². The molecule has 0 heterocycles. The lowest BCUT2D eigenvalue weighted by molar-refractivity contribution is -0.143. The van der Waals surface area contributed by atoms with E-state index in [4.69, 9.17) is 4.74 Å². The molecule has 0 aromatic heterocycles. The quantitative estimate of drug-likeness (QED) is 0.0322. The Hall–Kier alpha value is -1.40. The fourth-order valence-corrected chi connectivity index (χ4v) is 8.21. The maximum atomic E-state index is 12.4. The Morgan fingerprint density at radius 3 is 1.25 bits per heavy atom. The summed E-state index contributed by atoms with van der Waals surface area (Å²) in [6.45, 7) is 4.91. The number of ether oxygens (including phenoxy) is 1. The monoisotopic (exact) mass is 834 g/mol. The molecule has 0 fully saturated rings. The Balaban J connectivity index is 3.42. The van der Waals surface area contributed by atoms with Gasteiger partial charge in [0.05, 0.1) is 25.4 Å². The van der Waals surface area contributed by atoms with Crippen LogP contribution < -0.4 is 5.32 Å². The predicted octanol–water partition coefficient (Wildman–Crippen LogP) is 15.7. The molecule has 350 valence electrons. The van der Waals surface area contributed by atoms with Crippen LogP contribution in [-0.4, -0.2) is 47.4 Å². The van der Waals surface area contributed by atoms with Gasteiger partial charge in [0.2, 0.25) is 5.91 Å². The summed E-state index contributed by atoms with van der Waals surface area (Å²) in [5.74, 6) is -0.0451. The molecular weight excluding hydrogens is 731 g/mol. The van der Waals surface area contributed by atoms with Gasteiger partial charge in [-0.25, -0.2) is 0 Å². The molecule has 0 aliphatic heterocycles. The van der Waals surface area contributed by atoms with Crippen molar-refractivity contribution in [2.45, 2.75) is 302 Å². The number of allylic oxidation sites excluding steroid dienone is 2. The summed E-state index contributed by atoms with van der Waals surface area (Å²) in [6, 6.07) is -0.544. The van der Waals surface area contributed by atoms with E-state index in [0.717, 1.165) is 44.9 Å². The summed E-state index contributed by atoms with van der Waals surface area (Å²) in [5.41, 5.74) is 0. The van der Waals surface area contributed by atoms with Gasteiger partial charge in [0.1, 0.15) is 0 Å². The summed E-state index contributed by atoms with van der Waals surface area (Å²) in [7, 11) is 0. The molecule has 0 aromatic carbocycles. The van der Waals surface area contributed by atoms with Crippen LogP contribution in [0.5, 0.6) is 0 Å². The number of hydrogen-bond donors (Lipinski definition) is 3. The zero-order valence-corrected chi connectivity index (χ0v) is 39.7. The van der Waals surface area contributed by atoms with E-state index in [2.05, 4.69) is 31.3 Å². The number of aliphatic hydroxyl groups is 2. The van der Waals surface area contributed by atoms with E-state index in [-0.39, 0.29) is 18.5 Å². The van der Waals surface area contributed by atoms with Crippen molar-refractivity contribution < 1.29 is 24.5 Å². The molecule has 0 spiro atoms. The van der Waals surface area contributed by atoms with Crippen LogP contribution >= 0.6 is 0 Å². The molecule has 0 rings (SSSR count). The average molecular weight is 834 g/mol. The van der Waals surface area contributed by atoms with Gasteiger partial charge in [-0.3, -0.25) is 9.59 Å². The largest absolute Gasteiger partial charge is 0.466 e. The van der Waals surface area contributed by atoms with Gasteiger partial charge in [0.25, 0.3) is 0 Å². The topological polar surface area (TPSA) is 95.9 Å². The standard InChI is InChI=1S/C53H103NO5/c1-3-5-7-9-11-13-15-16-22-26-29-33-37-41-45-51(56)50(49-55)54-52(57)46-42-38-34-30-27-23-20-18-17-19-21-24-28-32-36-40-44-48-59-53(58)47-43-39-35-31-25-14-12-10-8-6-4-2/h10,12,50-51,55-56H,3-9,11,13-49H2,1-2H3,(H,54,57)/b12-10-. The highest BCUT2D eigenvalue weighted by molar-refractivity contribution is 5.76. The molecule has 1 amide bonds. The van der Waals surface area contributed by atoms with E-state index in [1.807, 2.05) is 0 Å². The average Bonchev–Trinajstić information content (AvgIpc) is 3.24. The summed E-state index contributed by atoms with van der Waals surface area (Å²) in [6.07, 6.45) is 56.1. The highest BCUT2D eigenvalue weighted by atomic mass is 16.5. The van der Waals surface area contributed by atoms with Crippen LogP contribution in [0.1, 0.15) is 290 Å². The number of esters is 1. The second-order valence-electron chi connectivity index (χ2n) is 18.2. The maximum absolute atomic E-state index is 12.4. The second kappa shape index (κ2) is 49.3. The van der Waals surface area contributed by atoms with E-state index in [9.17, 15) is 19.8 Å². The highest BCUT2D eigenvalue weighted by Gasteiger charge is 2.20. The molecule has 0 saturated heterocycles. The van der Waals surface area contributed by atoms with Crippen LogP contribution in [0.4, 0.5) is 0 Å². The van der Waals surface area contributed by atoms with Gasteiger partial charge >= 0.3 is 5.97 Å². The lowest BCUT2D eigenvalue weighted by atomic mass is 10.0. The van der Waals surface area contributed by atoms with Crippen LogP contribution in [-0.2, 0) is 14.3 Å². The van der Waals surface area contributed by atoms with Crippen LogP contribution in [0.15, 0.2) is 12.2 Å². The van der Waals surface area contributed by atoms with Crippen LogP contribution in [0.2, 0.25) is 0 Å². The summed E-state index contributed by atoms with van der Waals surface area (Å²) < 4.78 is 5.45. The van der Waals surface area contributed by atoms with Gasteiger partial charge in [-0.05, 0) is 44.9 Å². The van der Waals surface area contributed by atoms with E-state index in [0.29, 0.717) is 25.9 Å². The van der Waals surface area contributed by atoms with Gasteiger partial charge < -0.3 is 20.3 Å². The van der Waals surface area contributed by atoms with Crippen molar-refractivity contribution in [3.8, 4) is 0 Å². The molecule has 0 aliphatic carbocycles. The third-order valence-corrected chi connectivity index (χ3v) is 12.3. The van der Waals surface area contributed by atoms with Crippen molar-refractivity contribution in [3.05, 3.63) is 12.2 Å². The molecule has 0 saturated carbocycles. The fourth-order valence-electron chi connectivity index (χ4n) is 8.21. The Kier molecular flexibility index (Phi) is 48.1. The SMILES string of the molecule is CCCC/C=C\CCCCCCCC(=O)OCCCCCCCCCCCCCCCCCCCC(=O)NC(CO)C(O)CCCCCCCCCCCCCCCC. The Bertz CT molecular complexity index is 878. The van der Waals surface area contributed by atoms with Crippen molar-refractivity contribution in [2.75, 3.05) is 13.2 Å². The summed E-state index contributed by atoms with van der Waals surface area (Å²) in [4.78, 5) is 24.4. The number of unbranched alkanes of at least 4 members (excludes halogenated alkanes) is 36. The fraction of sp³-hybridized carbons (Fsp3) is 0.925. The van der Waals surface area contributed by atoms with E-state index in [1.165, 1.54) is 212 Å². The Morgan fingerprint density at radius 2 is 0.814 bits per heavy atom. The molecule has 0 radical (unpaired) electrons. The number of rotatable bonds is 49. The minimum atomic E-state index is -0.666. The first kappa shape index (κ1) is 57.6. The third-order valence-electron chi connectivity index (χ3n) is 12.3. The van der Waals surface area contributed by atoms with Gasteiger partial charge in [0.15, 0.2) is 0 Å². The lowest BCUT2D eigenvalue weighted by Crippen LogP contribution is -2.45. The molecule has 0 bridgehead atoms. The smallest absolute Gasteiger partial charge is 0.305 e. The second-order valence-corrected chi connectivity index (χ2v) is 18.2. The Morgan fingerprint density at radius 1 is 0.458 bits per heavy atom. The van der Waals surface area contributed by atoms with Crippen molar-refractivity contribution in [3.63, 3.8) is 0 Å². The molecule has 6 heteroatoms.